The van der Waals surface area contributed by atoms with Gasteiger partial charge in [0.05, 0.1) is 12.8 Å². The molecule has 1 N–H and O–H groups in total. The standard InChI is InChI=1S/C15H21N3O/c1-10-8-13(6-7-15(10)19-5)16-9-14-11(2)17-18(4)12(14)3/h6-8,16H,9H2,1-5H3. The molecule has 0 aliphatic rings. The zero-order chi connectivity index (χ0) is 14.0. The van der Waals surface area contributed by atoms with Crippen molar-refractivity contribution in [1.82, 2.24) is 9.78 Å². The van der Waals surface area contributed by atoms with Crippen molar-refractivity contribution in [1.29, 1.82) is 0 Å². The molecule has 2 rings (SSSR count). The molecule has 4 nitrogen and oxygen atoms in total. The van der Waals surface area contributed by atoms with Gasteiger partial charge in [0.1, 0.15) is 5.75 Å². The van der Waals surface area contributed by atoms with Gasteiger partial charge < -0.3 is 10.1 Å². The van der Waals surface area contributed by atoms with Crippen LogP contribution in [0.2, 0.25) is 0 Å². The molecule has 0 saturated heterocycles. The number of anilines is 1. The SMILES string of the molecule is COc1ccc(NCc2c(C)nn(C)c2C)cc1C. The van der Waals surface area contributed by atoms with E-state index in [1.54, 1.807) is 7.11 Å². The lowest BCUT2D eigenvalue weighted by molar-refractivity contribution is 0.412. The Balaban J connectivity index is 2.12. The smallest absolute Gasteiger partial charge is 0.121 e. The van der Waals surface area contributed by atoms with Crippen molar-refractivity contribution in [2.45, 2.75) is 27.3 Å². The molecule has 1 heterocycles. The number of hydrogen-bond donors (Lipinski definition) is 1. The molecule has 0 amide bonds. The summed E-state index contributed by atoms with van der Waals surface area (Å²) < 4.78 is 7.19. The Labute approximate surface area is 114 Å². The molecular formula is C15H21N3O. The van der Waals surface area contributed by atoms with Crippen LogP contribution in [-0.2, 0) is 13.6 Å². The molecule has 4 heteroatoms. The van der Waals surface area contributed by atoms with Crippen molar-refractivity contribution in [3.8, 4) is 5.75 Å². The van der Waals surface area contributed by atoms with Crippen LogP contribution < -0.4 is 10.1 Å². The first-order valence-electron chi connectivity index (χ1n) is 6.40. The van der Waals surface area contributed by atoms with E-state index in [2.05, 4.69) is 23.4 Å². The number of rotatable bonds is 4. The average molecular weight is 259 g/mol. The molecule has 0 saturated carbocycles. The number of nitrogens with zero attached hydrogens (tertiary/aromatic N) is 2. The van der Waals surface area contributed by atoms with E-state index in [9.17, 15) is 0 Å². The van der Waals surface area contributed by atoms with Crippen LogP contribution in [0.15, 0.2) is 18.2 Å². The van der Waals surface area contributed by atoms with Gasteiger partial charge in [-0.3, -0.25) is 4.68 Å². The molecule has 0 bridgehead atoms. The summed E-state index contributed by atoms with van der Waals surface area (Å²) in [6.45, 7) is 6.97. The van der Waals surface area contributed by atoms with E-state index in [1.165, 1.54) is 11.3 Å². The lowest BCUT2D eigenvalue weighted by Crippen LogP contribution is -2.02. The van der Waals surface area contributed by atoms with Gasteiger partial charge in [-0.1, -0.05) is 0 Å². The van der Waals surface area contributed by atoms with Gasteiger partial charge in [-0.25, -0.2) is 0 Å². The topological polar surface area (TPSA) is 39.1 Å². The summed E-state index contributed by atoms with van der Waals surface area (Å²) in [5, 5.41) is 7.86. The van der Waals surface area contributed by atoms with Crippen molar-refractivity contribution in [2.75, 3.05) is 12.4 Å². The van der Waals surface area contributed by atoms with Crippen molar-refractivity contribution in [2.24, 2.45) is 7.05 Å². The molecule has 0 aliphatic carbocycles. The third kappa shape index (κ3) is 2.72. The largest absolute Gasteiger partial charge is 0.496 e. The fourth-order valence-electron chi connectivity index (χ4n) is 2.25. The van der Waals surface area contributed by atoms with Crippen molar-refractivity contribution < 1.29 is 4.74 Å². The van der Waals surface area contributed by atoms with Crippen LogP contribution in [0.4, 0.5) is 5.69 Å². The van der Waals surface area contributed by atoms with E-state index in [1.807, 2.05) is 37.7 Å². The number of aryl methyl sites for hydroxylation is 3. The summed E-state index contributed by atoms with van der Waals surface area (Å²) >= 11 is 0. The number of ether oxygens (including phenoxy) is 1. The summed E-state index contributed by atoms with van der Waals surface area (Å²) in [5.41, 5.74) is 5.78. The fourth-order valence-corrected chi connectivity index (χ4v) is 2.25. The first-order valence-corrected chi connectivity index (χ1v) is 6.40. The first-order chi connectivity index (χ1) is 9.02. The maximum atomic E-state index is 5.26. The van der Waals surface area contributed by atoms with Crippen molar-refractivity contribution in [3.05, 3.63) is 40.7 Å². The molecule has 2 aromatic rings. The highest BCUT2D eigenvalue weighted by Crippen LogP contribution is 2.22. The highest BCUT2D eigenvalue weighted by molar-refractivity contribution is 5.51. The Bertz CT molecular complexity index is 587. The molecule has 1 aromatic carbocycles. The number of benzene rings is 1. The Kier molecular flexibility index (Phi) is 3.79. The Morgan fingerprint density at radius 2 is 2.00 bits per heavy atom. The van der Waals surface area contributed by atoms with E-state index >= 15 is 0 Å². The van der Waals surface area contributed by atoms with Crippen LogP contribution >= 0.6 is 0 Å². The fraction of sp³-hybridized carbons (Fsp3) is 0.400. The van der Waals surface area contributed by atoms with E-state index in [-0.39, 0.29) is 0 Å². The Morgan fingerprint density at radius 1 is 1.26 bits per heavy atom. The molecule has 0 fully saturated rings. The van der Waals surface area contributed by atoms with Gasteiger partial charge >= 0.3 is 0 Å². The molecule has 102 valence electrons. The van der Waals surface area contributed by atoms with E-state index in [4.69, 9.17) is 4.74 Å². The molecule has 0 atom stereocenters. The molecule has 0 spiro atoms. The average Bonchev–Trinajstić information content (AvgIpc) is 2.61. The van der Waals surface area contributed by atoms with Gasteiger partial charge in [0.2, 0.25) is 0 Å². The van der Waals surface area contributed by atoms with Gasteiger partial charge in [-0.05, 0) is 44.5 Å². The number of nitrogens with one attached hydrogen (secondary N) is 1. The molecule has 1 aromatic heterocycles. The quantitative estimate of drug-likeness (QED) is 0.917. The summed E-state index contributed by atoms with van der Waals surface area (Å²) in [6, 6.07) is 6.12. The Morgan fingerprint density at radius 3 is 2.53 bits per heavy atom. The minimum Gasteiger partial charge on any atom is -0.496 e. The van der Waals surface area contributed by atoms with E-state index in [0.29, 0.717) is 0 Å². The highest BCUT2D eigenvalue weighted by Gasteiger charge is 2.09. The molecule has 0 aliphatic heterocycles. The van der Waals surface area contributed by atoms with E-state index in [0.717, 1.165) is 29.2 Å². The molecule has 0 radical (unpaired) electrons. The predicted molar refractivity (Wildman–Crippen MR) is 77.7 cm³/mol. The summed E-state index contributed by atoms with van der Waals surface area (Å²) in [7, 11) is 3.67. The van der Waals surface area contributed by atoms with Gasteiger partial charge in [0, 0.05) is 30.5 Å². The third-order valence-electron chi connectivity index (χ3n) is 3.52. The first kappa shape index (κ1) is 13.5. The lowest BCUT2D eigenvalue weighted by atomic mass is 10.1. The zero-order valence-corrected chi connectivity index (χ0v) is 12.2. The van der Waals surface area contributed by atoms with Crippen LogP contribution in [0.1, 0.15) is 22.5 Å². The minimum absolute atomic E-state index is 0.789. The van der Waals surface area contributed by atoms with E-state index < -0.39 is 0 Å². The second-order valence-electron chi connectivity index (χ2n) is 4.81. The van der Waals surface area contributed by atoms with Gasteiger partial charge in [0.25, 0.3) is 0 Å². The van der Waals surface area contributed by atoms with Gasteiger partial charge in [-0.2, -0.15) is 5.10 Å². The number of hydrogen-bond acceptors (Lipinski definition) is 3. The minimum atomic E-state index is 0.789. The van der Waals surface area contributed by atoms with Gasteiger partial charge in [0.15, 0.2) is 0 Å². The van der Waals surface area contributed by atoms with Crippen LogP contribution in [0.3, 0.4) is 0 Å². The van der Waals surface area contributed by atoms with Crippen LogP contribution in [-0.4, -0.2) is 16.9 Å². The number of aromatic nitrogens is 2. The molecular weight excluding hydrogens is 238 g/mol. The molecule has 19 heavy (non-hydrogen) atoms. The van der Waals surface area contributed by atoms with Gasteiger partial charge in [-0.15, -0.1) is 0 Å². The van der Waals surface area contributed by atoms with Crippen LogP contribution in [0.5, 0.6) is 5.75 Å². The summed E-state index contributed by atoms with van der Waals surface area (Å²) in [4.78, 5) is 0. The Hall–Kier alpha value is -1.97. The number of methoxy groups -OCH3 is 1. The summed E-state index contributed by atoms with van der Waals surface area (Å²) in [6.07, 6.45) is 0. The zero-order valence-electron chi connectivity index (χ0n) is 12.2. The summed E-state index contributed by atoms with van der Waals surface area (Å²) in [5.74, 6) is 0.916. The molecule has 0 unspecified atom stereocenters. The maximum absolute atomic E-state index is 5.26. The third-order valence-corrected chi connectivity index (χ3v) is 3.52. The monoisotopic (exact) mass is 259 g/mol. The van der Waals surface area contributed by atoms with Crippen LogP contribution in [0.25, 0.3) is 0 Å². The second-order valence-corrected chi connectivity index (χ2v) is 4.81. The lowest BCUT2D eigenvalue weighted by Gasteiger charge is -2.10. The maximum Gasteiger partial charge on any atom is 0.121 e. The predicted octanol–water partition coefficient (Wildman–Crippen LogP) is 2.97. The highest BCUT2D eigenvalue weighted by atomic mass is 16.5. The van der Waals surface area contributed by atoms with Crippen LogP contribution in [0, 0.1) is 20.8 Å². The van der Waals surface area contributed by atoms with Crippen molar-refractivity contribution in [3.63, 3.8) is 0 Å². The van der Waals surface area contributed by atoms with Crippen molar-refractivity contribution >= 4 is 5.69 Å². The normalized spacial score (nSPS) is 10.6. The second kappa shape index (κ2) is 5.34.